The zero-order valence-corrected chi connectivity index (χ0v) is 56.7. The third-order valence-electron chi connectivity index (χ3n) is 21.0. The molecule has 0 saturated carbocycles. The molecule has 2 atom stereocenters. The van der Waals surface area contributed by atoms with Crippen molar-refractivity contribution in [1.82, 2.24) is 5.32 Å². The summed E-state index contributed by atoms with van der Waals surface area (Å²) >= 11 is 0. The number of fused-ring (bicyclic) bond motifs is 9. The summed E-state index contributed by atoms with van der Waals surface area (Å²) in [5.41, 5.74) is 22.4. The summed E-state index contributed by atoms with van der Waals surface area (Å²) < 4.78 is 12.6. The quantitative estimate of drug-likeness (QED) is 0.0223. The van der Waals surface area contributed by atoms with Crippen LogP contribution in [0.4, 0.5) is 17.1 Å². The number of hydrogen-bond donors (Lipinski definition) is 11. The molecule has 0 fully saturated rings. The number of nitrogens with one attached hydrogen (secondary N) is 3. The molecule has 105 heavy (non-hydrogen) atoms. The first-order valence-corrected chi connectivity index (χ1v) is 34.8. The van der Waals surface area contributed by atoms with Gasteiger partial charge in [-0.3, -0.25) is 4.79 Å². The predicted octanol–water partition coefficient (Wildman–Crippen LogP) is 15.5. The molecule has 3 aliphatic carbocycles. The number of anilines is 3. The van der Waals surface area contributed by atoms with Gasteiger partial charge in [0.1, 0.15) is 59.9 Å². The number of aliphatic hydroxyl groups excluding tert-OH is 2. The molecule has 16 rings (SSSR count). The normalized spacial score (nSPS) is 14.1. The summed E-state index contributed by atoms with van der Waals surface area (Å²) in [6.45, 7) is 0.243. The topological polar surface area (TPSA) is 256 Å². The van der Waals surface area contributed by atoms with Crippen molar-refractivity contribution in [2.24, 2.45) is 0 Å². The van der Waals surface area contributed by atoms with E-state index >= 15 is 0 Å². The van der Waals surface area contributed by atoms with Crippen LogP contribution in [0.25, 0.3) is 33.4 Å². The number of phenols is 4. The van der Waals surface area contributed by atoms with Crippen LogP contribution in [-0.4, -0.2) is 86.1 Å². The van der Waals surface area contributed by atoms with E-state index in [4.69, 9.17) is 15.2 Å². The second-order valence-corrected chi connectivity index (χ2v) is 26.9. The highest BCUT2D eigenvalue weighted by Gasteiger charge is 2.49. The van der Waals surface area contributed by atoms with Gasteiger partial charge in [-0.05, 0) is 185 Å². The van der Waals surface area contributed by atoms with Crippen molar-refractivity contribution in [3.05, 3.63) is 375 Å². The maximum Gasteiger partial charge on any atom is 0.336 e. The molecular formula is C90H72N4O11. The number of ether oxygens (including phenoxy) is 2. The van der Waals surface area contributed by atoms with E-state index in [0.717, 1.165) is 94.6 Å². The zero-order chi connectivity index (χ0) is 72.1. The van der Waals surface area contributed by atoms with E-state index in [9.17, 15) is 45.3 Å². The van der Waals surface area contributed by atoms with E-state index in [2.05, 4.69) is 125 Å². The smallest absolute Gasteiger partial charge is 0.336 e. The monoisotopic (exact) mass is 1380 g/mol. The lowest BCUT2D eigenvalue weighted by Gasteiger charge is -2.34. The standard InChI is InChI=1S/C90H72N4O11/c91-79-46-58(34-42-83(79)98)90(77-27-13-7-19-69(77)70-20-8-14-28-78(70)90)59-35-43-84(99)80(47-59)93-51-62(96)53-105-64-39-31-56(32-40-64)88(73-23-9-3-15-65(73)66-16-4-10-24-74(66)88)55-29-37-63(38-30-55)104-52-61(95)50-92-49-54-45-57(33-41-82(54)97)89(75-25-11-5-17-67(75)68-18-6-12-26-76(68)89)60-36-44-85(100)81(48-60)94-86(101)71-21-1-2-22-72(71)87(102)103/h1-48,61-62,92-93,95-100H,49-53,91H2,(H,94,101)(H,102,103). The lowest BCUT2D eigenvalue weighted by Crippen LogP contribution is -2.32. The van der Waals surface area contributed by atoms with Gasteiger partial charge in [-0.25, -0.2) is 4.79 Å². The Morgan fingerprint density at radius 1 is 0.371 bits per heavy atom. The Kier molecular flexibility index (Phi) is 17.2. The zero-order valence-electron chi connectivity index (χ0n) is 56.7. The third kappa shape index (κ3) is 11.3. The van der Waals surface area contributed by atoms with Crippen LogP contribution in [0.1, 0.15) is 93.0 Å². The van der Waals surface area contributed by atoms with E-state index in [1.807, 2.05) is 121 Å². The Labute approximate surface area is 606 Å². The van der Waals surface area contributed by atoms with E-state index in [-0.39, 0.29) is 78.3 Å². The molecule has 0 aromatic heterocycles. The van der Waals surface area contributed by atoms with Crippen LogP contribution >= 0.6 is 0 Å². The summed E-state index contributed by atoms with van der Waals surface area (Å²) in [4.78, 5) is 25.9. The number of amides is 1. The molecule has 0 heterocycles. The number of aromatic hydroxyl groups is 4. The molecule has 0 aliphatic heterocycles. The van der Waals surface area contributed by atoms with Gasteiger partial charge in [0.15, 0.2) is 0 Å². The summed E-state index contributed by atoms with van der Waals surface area (Å²) in [5.74, 6) is -1.05. The number of benzene rings is 13. The highest BCUT2D eigenvalue weighted by Crippen LogP contribution is 2.60. The Morgan fingerprint density at radius 3 is 1.15 bits per heavy atom. The fourth-order valence-electron chi connectivity index (χ4n) is 16.4. The van der Waals surface area contributed by atoms with Gasteiger partial charge < -0.3 is 66.9 Å². The number of rotatable bonds is 22. The molecule has 13 aromatic rings. The number of carboxylic acids is 1. The van der Waals surface area contributed by atoms with Crippen LogP contribution in [0, 0.1) is 0 Å². The number of carbonyl (C=O) groups excluding carboxylic acids is 1. The van der Waals surface area contributed by atoms with Gasteiger partial charge in [-0.2, -0.15) is 0 Å². The molecule has 3 aliphatic rings. The van der Waals surface area contributed by atoms with E-state index in [1.165, 1.54) is 24.3 Å². The van der Waals surface area contributed by atoms with Crippen LogP contribution in [-0.2, 0) is 22.8 Å². The highest BCUT2D eigenvalue weighted by atomic mass is 16.5. The molecule has 0 bridgehead atoms. The number of carboxylic acid groups (broad SMARTS) is 1. The second-order valence-electron chi connectivity index (χ2n) is 26.9. The first-order chi connectivity index (χ1) is 51.2. The molecule has 15 nitrogen and oxygen atoms in total. The van der Waals surface area contributed by atoms with Crippen molar-refractivity contribution in [1.29, 1.82) is 0 Å². The highest BCUT2D eigenvalue weighted by molar-refractivity contribution is 6.11. The molecule has 0 radical (unpaired) electrons. The van der Waals surface area contributed by atoms with Crippen molar-refractivity contribution < 1.29 is 54.8 Å². The second kappa shape index (κ2) is 27.1. The number of nitrogens with two attached hydrogens (primary N) is 1. The number of nitrogen functional groups attached to an aromatic ring is 1. The van der Waals surface area contributed by atoms with E-state index in [0.29, 0.717) is 28.3 Å². The molecule has 2 unspecified atom stereocenters. The number of aromatic carboxylic acids is 1. The first kappa shape index (κ1) is 66.6. The summed E-state index contributed by atoms with van der Waals surface area (Å²) in [5, 5.41) is 87.1. The molecule has 1 amide bonds. The lowest BCUT2D eigenvalue weighted by molar-refractivity contribution is 0.0692. The van der Waals surface area contributed by atoms with Gasteiger partial charge in [-0.1, -0.05) is 206 Å². The Bertz CT molecular complexity index is 5410. The van der Waals surface area contributed by atoms with Gasteiger partial charge in [-0.15, -0.1) is 0 Å². The maximum atomic E-state index is 13.8. The molecule has 15 heteroatoms. The minimum absolute atomic E-state index is 0.00777. The van der Waals surface area contributed by atoms with Gasteiger partial charge in [0, 0.05) is 25.2 Å². The Balaban J connectivity index is 0.607. The molecular weight excluding hydrogens is 1310 g/mol. The van der Waals surface area contributed by atoms with E-state index < -0.39 is 40.3 Å². The summed E-state index contributed by atoms with van der Waals surface area (Å²) in [7, 11) is 0. The average Bonchev–Trinajstić information content (AvgIpc) is 1.57. The van der Waals surface area contributed by atoms with Gasteiger partial charge in [0.2, 0.25) is 0 Å². The van der Waals surface area contributed by atoms with Crippen molar-refractivity contribution in [2.75, 3.05) is 42.7 Å². The summed E-state index contributed by atoms with van der Waals surface area (Å²) in [6.07, 6.45) is -1.95. The van der Waals surface area contributed by atoms with Gasteiger partial charge in [0.05, 0.1) is 44.4 Å². The fourth-order valence-corrected chi connectivity index (χ4v) is 16.4. The minimum atomic E-state index is -1.26. The van der Waals surface area contributed by atoms with Gasteiger partial charge >= 0.3 is 5.97 Å². The SMILES string of the molecule is Nc1cc(C2(c3ccc(O)c(NCC(O)COc4ccc(C5(c6ccc(OCC(O)CNCc7cc(C8(c9ccc(O)c(NC(=O)c%10ccccc%10C(=O)O)c9)c9ccccc9-c9ccccc98)ccc7O)cc6)c6ccccc6-c6ccccc65)cc4)c3)c3ccccc3-c3ccccc32)ccc1O. The van der Waals surface area contributed by atoms with Crippen molar-refractivity contribution in [2.45, 2.75) is 35.0 Å². The third-order valence-corrected chi connectivity index (χ3v) is 21.0. The van der Waals surface area contributed by atoms with Crippen LogP contribution in [0.5, 0.6) is 34.5 Å². The molecule has 0 saturated heterocycles. The number of aliphatic hydroxyl groups is 2. The lowest BCUT2D eigenvalue weighted by atomic mass is 9.67. The molecule has 13 aromatic carbocycles. The van der Waals surface area contributed by atoms with Gasteiger partial charge in [0.25, 0.3) is 5.91 Å². The largest absolute Gasteiger partial charge is 0.508 e. The van der Waals surface area contributed by atoms with Crippen molar-refractivity contribution in [3.8, 4) is 67.9 Å². The minimum Gasteiger partial charge on any atom is -0.508 e. The molecule has 518 valence electrons. The Hall–Kier alpha value is -12.9. The van der Waals surface area contributed by atoms with Crippen LogP contribution in [0.2, 0.25) is 0 Å². The van der Waals surface area contributed by atoms with Crippen LogP contribution < -0.4 is 31.2 Å². The predicted molar refractivity (Wildman–Crippen MR) is 407 cm³/mol. The maximum absolute atomic E-state index is 13.8. The number of carbonyl (C=O) groups is 2. The van der Waals surface area contributed by atoms with Crippen LogP contribution in [0.3, 0.4) is 0 Å². The molecule has 0 spiro atoms. The van der Waals surface area contributed by atoms with E-state index in [1.54, 1.807) is 36.4 Å². The molecule has 12 N–H and O–H groups in total. The first-order valence-electron chi connectivity index (χ1n) is 34.8. The van der Waals surface area contributed by atoms with Crippen LogP contribution in [0.15, 0.2) is 291 Å². The number of hydrogen-bond acceptors (Lipinski definition) is 13. The summed E-state index contributed by atoms with van der Waals surface area (Å²) in [6, 6.07) is 92.5. The average molecular weight is 1390 g/mol. The van der Waals surface area contributed by atoms with Crippen molar-refractivity contribution in [3.63, 3.8) is 0 Å². The number of phenolic OH excluding ortho intramolecular Hbond substituents is 4. The Morgan fingerprint density at radius 2 is 0.714 bits per heavy atom. The van der Waals surface area contributed by atoms with Crippen molar-refractivity contribution >= 4 is 28.9 Å². The fraction of sp³-hybridized carbons (Fsp3) is 0.111.